The van der Waals surface area contributed by atoms with Gasteiger partial charge in [0.1, 0.15) is 0 Å². The first-order valence-electron chi connectivity index (χ1n) is 6.75. The van der Waals surface area contributed by atoms with E-state index in [2.05, 4.69) is 15.9 Å². The lowest BCUT2D eigenvalue weighted by atomic mass is 9.94. The van der Waals surface area contributed by atoms with Crippen molar-refractivity contribution in [2.24, 2.45) is 5.92 Å². The molecule has 0 fully saturated rings. The van der Waals surface area contributed by atoms with E-state index in [-0.39, 0.29) is 5.82 Å². The highest BCUT2D eigenvalue weighted by Crippen LogP contribution is 2.24. The Bertz CT molecular complexity index is 586. The summed E-state index contributed by atoms with van der Waals surface area (Å²) in [5.41, 5.74) is 1.89. The van der Waals surface area contributed by atoms with Crippen LogP contribution in [-0.2, 0) is 12.8 Å². The maximum Gasteiger partial charge on any atom is 0.168 e. The molecule has 21 heavy (non-hydrogen) atoms. The molecule has 2 rings (SSSR count). The molecule has 0 aliphatic rings. The molecule has 0 amide bonds. The van der Waals surface area contributed by atoms with Crippen molar-refractivity contribution >= 4 is 27.5 Å². The van der Waals surface area contributed by atoms with Crippen LogP contribution in [0.2, 0.25) is 5.02 Å². The quantitative estimate of drug-likeness (QED) is 0.627. The summed E-state index contributed by atoms with van der Waals surface area (Å²) in [4.78, 5) is 0. The van der Waals surface area contributed by atoms with Crippen molar-refractivity contribution in [2.75, 3.05) is 12.4 Å². The maximum atomic E-state index is 14.2. The lowest BCUT2D eigenvalue weighted by Crippen LogP contribution is -2.11. The maximum absolute atomic E-state index is 14.2. The number of rotatable bonds is 6. The molecule has 4 heteroatoms. The summed E-state index contributed by atoms with van der Waals surface area (Å²) in [5, 5.41) is 1.54. The molecule has 0 saturated carbocycles. The lowest BCUT2D eigenvalue weighted by molar-refractivity contribution is 0.382. The third-order valence-corrected chi connectivity index (χ3v) is 4.60. The van der Waals surface area contributed by atoms with Crippen LogP contribution in [-0.4, -0.2) is 12.4 Å². The minimum atomic E-state index is -0.262. The van der Waals surface area contributed by atoms with Crippen LogP contribution < -0.4 is 4.74 Å². The monoisotopic (exact) mass is 370 g/mol. The first-order valence-corrected chi connectivity index (χ1v) is 8.25. The van der Waals surface area contributed by atoms with Gasteiger partial charge in [0.15, 0.2) is 11.6 Å². The summed E-state index contributed by atoms with van der Waals surface area (Å²) in [6, 6.07) is 13.1. The number of benzene rings is 2. The molecule has 0 radical (unpaired) electrons. The SMILES string of the molecule is COc1cccc(CC(CBr)Cc2ccc(Cl)cc2)c1F. The number of ether oxygens (including phenoxy) is 1. The van der Waals surface area contributed by atoms with Crippen LogP contribution in [0.25, 0.3) is 0 Å². The molecular weight excluding hydrogens is 355 g/mol. The number of hydrogen-bond donors (Lipinski definition) is 0. The molecule has 1 atom stereocenters. The summed E-state index contributed by atoms with van der Waals surface area (Å²) >= 11 is 9.42. The molecule has 1 unspecified atom stereocenters. The Morgan fingerprint density at radius 2 is 1.86 bits per heavy atom. The molecule has 0 aliphatic carbocycles. The first kappa shape index (κ1) is 16.3. The molecular formula is C17H17BrClFO. The second-order valence-corrected chi connectivity index (χ2v) is 6.07. The molecule has 0 bridgehead atoms. The molecule has 0 aromatic heterocycles. The van der Waals surface area contributed by atoms with Gasteiger partial charge in [-0.15, -0.1) is 0 Å². The Balaban J connectivity index is 2.10. The van der Waals surface area contributed by atoms with E-state index in [1.807, 2.05) is 36.4 Å². The minimum Gasteiger partial charge on any atom is -0.494 e. The minimum absolute atomic E-state index is 0.262. The summed E-state index contributed by atoms with van der Waals surface area (Å²) in [7, 11) is 1.48. The summed E-state index contributed by atoms with van der Waals surface area (Å²) in [5.74, 6) is 0.349. The molecule has 2 aromatic rings. The van der Waals surface area contributed by atoms with E-state index in [4.69, 9.17) is 16.3 Å². The van der Waals surface area contributed by atoms with Gasteiger partial charge in [0.25, 0.3) is 0 Å². The first-order chi connectivity index (χ1) is 10.1. The third kappa shape index (κ3) is 4.45. The smallest absolute Gasteiger partial charge is 0.168 e. The molecule has 0 N–H and O–H groups in total. The Hall–Kier alpha value is -1.06. The Morgan fingerprint density at radius 3 is 2.48 bits per heavy atom. The van der Waals surface area contributed by atoms with Crippen molar-refractivity contribution < 1.29 is 9.13 Å². The van der Waals surface area contributed by atoms with Crippen LogP contribution in [0.1, 0.15) is 11.1 Å². The van der Waals surface area contributed by atoms with E-state index in [1.165, 1.54) is 12.7 Å². The van der Waals surface area contributed by atoms with Crippen LogP contribution in [0.15, 0.2) is 42.5 Å². The van der Waals surface area contributed by atoms with Crippen molar-refractivity contribution in [3.05, 3.63) is 64.4 Å². The van der Waals surface area contributed by atoms with Crippen molar-refractivity contribution in [2.45, 2.75) is 12.8 Å². The van der Waals surface area contributed by atoms with Gasteiger partial charge in [-0.25, -0.2) is 4.39 Å². The second-order valence-electron chi connectivity index (χ2n) is 4.99. The lowest BCUT2D eigenvalue weighted by Gasteiger charge is -2.16. The zero-order valence-electron chi connectivity index (χ0n) is 11.8. The Morgan fingerprint density at radius 1 is 1.14 bits per heavy atom. The fourth-order valence-corrected chi connectivity index (χ4v) is 2.90. The van der Waals surface area contributed by atoms with E-state index >= 15 is 0 Å². The topological polar surface area (TPSA) is 9.23 Å². The van der Waals surface area contributed by atoms with E-state index in [9.17, 15) is 4.39 Å². The predicted octanol–water partition coefficient (Wildman–Crippen LogP) is 5.28. The highest BCUT2D eigenvalue weighted by molar-refractivity contribution is 9.09. The summed E-state index contributed by atoms with van der Waals surface area (Å²) in [6.45, 7) is 0. The molecule has 2 aromatic carbocycles. The fraction of sp³-hybridized carbons (Fsp3) is 0.294. The van der Waals surface area contributed by atoms with Crippen LogP contribution in [0.3, 0.4) is 0 Å². The largest absolute Gasteiger partial charge is 0.494 e. The van der Waals surface area contributed by atoms with Gasteiger partial charge >= 0.3 is 0 Å². The molecule has 0 heterocycles. The number of halogens is 3. The highest BCUT2D eigenvalue weighted by Gasteiger charge is 2.14. The zero-order chi connectivity index (χ0) is 15.2. The number of alkyl halides is 1. The van der Waals surface area contributed by atoms with E-state index < -0.39 is 0 Å². The average Bonchev–Trinajstić information content (AvgIpc) is 2.50. The van der Waals surface area contributed by atoms with Gasteiger partial charge in [-0.2, -0.15) is 0 Å². The number of methoxy groups -OCH3 is 1. The average molecular weight is 372 g/mol. The molecule has 0 saturated heterocycles. The van der Waals surface area contributed by atoms with Gasteiger partial charge in [-0.1, -0.05) is 51.8 Å². The van der Waals surface area contributed by atoms with Crippen LogP contribution in [0.5, 0.6) is 5.75 Å². The molecule has 0 aliphatic heterocycles. The van der Waals surface area contributed by atoms with Crippen LogP contribution >= 0.6 is 27.5 Å². The van der Waals surface area contributed by atoms with Gasteiger partial charge in [-0.3, -0.25) is 0 Å². The molecule has 0 spiro atoms. The van der Waals surface area contributed by atoms with Gasteiger partial charge in [0.2, 0.25) is 0 Å². The van der Waals surface area contributed by atoms with Gasteiger partial charge < -0.3 is 4.74 Å². The van der Waals surface area contributed by atoms with Gasteiger partial charge in [0, 0.05) is 10.4 Å². The van der Waals surface area contributed by atoms with Crippen molar-refractivity contribution in [1.29, 1.82) is 0 Å². The summed E-state index contributed by atoms with van der Waals surface area (Å²) < 4.78 is 19.2. The molecule has 112 valence electrons. The number of hydrogen-bond acceptors (Lipinski definition) is 1. The van der Waals surface area contributed by atoms with E-state index in [0.29, 0.717) is 23.7 Å². The Kier molecular flexibility index (Phi) is 6.07. The third-order valence-electron chi connectivity index (χ3n) is 3.43. The van der Waals surface area contributed by atoms with Crippen molar-refractivity contribution in [3.63, 3.8) is 0 Å². The fourth-order valence-electron chi connectivity index (χ4n) is 2.32. The van der Waals surface area contributed by atoms with Crippen LogP contribution in [0, 0.1) is 11.7 Å². The van der Waals surface area contributed by atoms with Crippen LogP contribution in [0.4, 0.5) is 4.39 Å². The van der Waals surface area contributed by atoms with Gasteiger partial charge in [0.05, 0.1) is 7.11 Å². The highest BCUT2D eigenvalue weighted by atomic mass is 79.9. The standard InChI is InChI=1S/C17H17BrClFO/c1-21-16-4-2-3-14(17(16)20)10-13(11-18)9-12-5-7-15(19)8-6-12/h2-8,13H,9-11H2,1H3. The second kappa shape index (κ2) is 7.81. The summed E-state index contributed by atoms with van der Waals surface area (Å²) in [6.07, 6.45) is 1.54. The Labute approximate surface area is 138 Å². The van der Waals surface area contributed by atoms with Crippen molar-refractivity contribution in [3.8, 4) is 5.75 Å². The van der Waals surface area contributed by atoms with E-state index in [1.54, 1.807) is 6.07 Å². The normalized spacial score (nSPS) is 12.2. The van der Waals surface area contributed by atoms with Crippen molar-refractivity contribution in [1.82, 2.24) is 0 Å². The molecule has 1 nitrogen and oxygen atoms in total. The van der Waals surface area contributed by atoms with E-state index in [0.717, 1.165) is 16.8 Å². The zero-order valence-corrected chi connectivity index (χ0v) is 14.1. The van der Waals surface area contributed by atoms with Gasteiger partial charge in [-0.05, 0) is 48.1 Å². The predicted molar refractivity (Wildman–Crippen MR) is 89.1 cm³/mol.